The van der Waals surface area contributed by atoms with Crippen LogP contribution < -0.4 is 0 Å². The summed E-state index contributed by atoms with van der Waals surface area (Å²) in [6.07, 6.45) is 0.0355. The molecule has 0 saturated carbocycles. The first-order valence-corrected chi connectivity index (χ1v) is 5.95. The Kier molecular flexibility index (Phi) is 4.04. The van der Waals surface area contributed by atoms with Gasteiger partial charge in [0.05, 0.1) is 12.6 Å². The molecule has 1 N–H and O–H groups in total. The summed E-state index contributed by atoms with van der Waals surface area (Å²) in [5.74, 6) is 0. The summed E-state index contributed by atoms with van der Waals surface area (Å²) in [6, 6.07) is 0. The second-order valence-electron chi connectivity index (χ2n) is 5.79. The fourth-order valence-electron chi connectivity index (χ4n) is 1.84. The lowest BCUT2D eigenvalue weighted by Gasteiger charge is -2.31. The van der Waals surface area contributed by atoms with E-state index < -0.39 is 11.3 Å². The van der Waals surface area contributed by atoms with Gasteiger partial charge in [0.1, 0.15) is 11.3 Å². The first kappa shape index (κ1) is 14.3. The van der Waals surface area contributed by atoms with Crippen LogP contribution in [0.15, 0.2) is 0 Å². The van der Waals surface area contributed by atoms with Crippen LogP contribution >= 0.6 is 0 Å². The maximum atomic E-state index is 12.0. The number of ether oxygens (including phenoxy) is 2. The van der Waals surface area contributed by atoms with Gasteiger partial charge in [-0.1, -0.05) is 0 Å². The van der Waals surface area contributed by atoms with Crippen molar-refractivity contribution in [2.45, 2.75) is 58.5 Å². The molecular formula is C12H23NO4. The van der Waals surface area contributed by atoms with Gasteiger partial charge in [-0.2, -0.15) is 0 Å². The lowest BCUT2D eigenvalue weighted by atomic mass is 10.2. The quantitative estimate of drug-likeness (QED) is 0.805. The Hall–Kier alpha value is -0.810. The van der Waals surface area contributed by atoms with E-state index in [9.17, 15) is 4.79 Å². The summed E-state index contributed by atoms with van der Waals surface area (Å²) in [6.45, 7) is 9.67. The van der Waals surface area contributed by atoms with Crippen molar-refractivity contribution in [1.29, 1.82) is 0 Å². The molecule has 100 valence electrons. The minimum Gasteiger partial charge on any atom is -0.444 e. The number of rotatable bonds is 2. The number of aliphatic hydroxyl groups is 1. The van der Waals surface area contributed by atoms with Gasteiger partial charge in [-0.15, -0.1) is 0 Å². The molecule has 0 spiro atoms. The van der Waals surface area contributed by atoms with Gasteiger partial charge in [0, 0.05) is 6.61 Å². The lowest BCUT2D eigenvalue weighted by Crippen LogP contribution is -2.46. The average Bonchev–Trinajstić information content (AvgIpc) is 2.38. The zero-order valence-electron chi connectivity index (χ0n) is 11.3. The molecule has 17 heavy (non-hydrogen) atoms. The van der Waals surface area contributed by atoms with Crippen LogP contribution in [0.5, 0.6) is 0 Å². The highest BCUT2D eigenvalue weighted by Gasteiger charge is 2.43. The molecule has 1 amide bonds. The zero-order chi connectivity index (χ0) is 13.3. The molecule has 1 heterocycles. The zero-order valence-corrected chi connectivity index (χ0v) is 11.3. The fraction of sp³-hybridized carbons (Fsp3) is 0.917. The molecule has 5 nitrogen and oxygen atoms in total. The van der Waals surface area contributed by atoms with Crippen molar-refractivity contribution in [2.24, 2.45) is 0 Å². The molecule has 1 fully saturated rings. The SMILES string of the molecule is CC(C)(C)OC(=O)N1CC(CCO)OC1(C)C. The van der Waals surface area contributed by atoms with E-state index in [2.05, 4.69) is 0 Å². The highest BCUT2D eigenvalue weighted by molar-refractivity contribution is 5.69. The van der Waals surface area contributed by atoms with E-state index >= 15 is 0 Å². The summed E-state index contributed by atoms with van der Waals surface area (Å²) < 4.78 is 11.0. The van der Waals surface area contributed by atoms with Gasteiger partial charge in [-0.25, -0.2) is 4.79 Å². The highest BCUT2D eigenvalue weighted by Crippen LogP contribution is 2.29. The number of hydrogen-bond acceptors (Lipinski definition) is 4. The number of aliphatic hydroxyl groups excluding tert-OH is 1. The molecule has 1 atom stereocenters. The Labute approximate surface area is 103 Å². The maximum absolute atomic E-state index is 12.0. The molecule has 1 rings (SSSR count). The van der Waals surface area contributed by atoms with Crippen LogP contribution in [0.2, 0.25) is 0 Å². The Bertz CT molecular complexity index is 283. The predicted molar refractivity (Wildman–Crippen MR) is 63.6 cm³/mol. The summed E-state index contributed by atoms with van der Waals surface area (Å²) in [5, 5.41) is 8.89. The van der Waals surface area contributed by atoms with Gasteiger partial charge >= 0.3 is 6.09 Å². The Morgan fingerprint density at radius 3 is 2.59 bits per heavy atom. The summed E-state index contributed by atoms with van der Waals surface area (Å²) in [5.41, 5.74) is -1.19. The van der Waals surface area contributed by atoms with Crippen molar-refractivity contribution in [3.63, 3.8) is 0 Å². The second kappa shape index (κ2) is 4.82. The smallest absolute Gasteiger partial charge is 0.412 e. The van der Waals surface area contributed by atoms with Gasteiger partial charge in [0.15, 0.2) is 0 Å². The molecule has 0 aromatic carbocycles. The minimum absolute atomic E-state index is 0.0584. The monoisotopic (exact) mass is 245 g/mol. The third-order valence-corrected chi connectivity index (χ3v) is 2.56. The van der Waals surface area contributed by atoms with Crippen LogP contribution in [0.3, 0.4) is 0 Å². The highest BCUT2D eigenvalue weighted by atomic mass is 16.6. The molecule has 1 aliphatic heterocycles. The van der Waals surface area contributed by atoms with Crippen molar-refractivity contribution >= 4 is 6.09 Å². The van der Waals surface area contributed by atoms with Crippen molar-refractivity contribution in [2.75, 3.05) is 13.2 Å². The van der Waals surface area contributed by atoms with E-state index in [1.165, 1.54) is 0 Å². The third kappa shape index (κ3) is 3.85. The predicted octanol–water partition coefficient (Wildman–Crippen LogP) is 1.74. The Balaban J connectivity index is 2.67. The van der Waals surface area contributed by atoms with Crippen LogP contribution in [0.25, 0.3) is 0 Å². The average molecular weight is 245 g/mol. The number of amides is 1. The molecule has 0 aliphatic carbocycles. The van der Waals surface area contributed by atoms with Crippen molar-refractivity contribution < 1.29 is 19.4 Å². The second-order valence-corrected chi connectivity index (χ2v) is 5.79. The molecule has 1 aliphatic rings. The van der Waals surface area contributed by atoms with E-state index in [0.29, 0.717) is 13.0 Å². The van der Waals surface area contributed by atoms with Crippen LogP contribution in [-0.2, 0) is 9.47 Å². The van der Waals surface area contributed by atoms with Gasteiger partial charge in [0.25, 0.3) is 0 Å². The third-order valence-electron chi connectivity index (χ3n) is 2.56. The maximum Gasteiger partial charge on any atom is 0.412 e. The summed E-state index contributed by atoms with van der Waals surface area (Å²) in [7, 11) is 0. The molecule has 0 aromatic rings. The van der Waals surface area contributed by atoms with Crippen molar-refractivity contribution in [1.82, 2.24) is 4.90 Å². The van der Waals surface area contributed by atoms with Crippen LogP contribution in [0, 0.1) is 0 Å². The first-order chi connectivity index (χ1) is 7.65. The number of carbonyl (C=O) groups excluding carboxylic acids is 1. The molecular weight excluding hydrogens is 222 g/mol. The lowest BCUT2D eigenvalue weighted by molar-refractivity contribution is -0.0809. The molecule has 0 radical (unpaired) electrons. The number of nitrogens with zero attached hydrogens (tertiary/aromatic N) is 1. The fourth-order valence-corrected chi connectivity index (χ4v) is 1.84. The molecule has 0 aromatic heterocycles. The van der Waals surface area contributed by atoms with Crippen molar-refractivity contribution in [3.05, 3.63) is 0 Å². The van der Waals surface area contributed by atoms with Gasteiger partial charge in [0.2, 0.25) is 0 Å². The topological polar surface area (TPSA) is 59.0 Å². The Morgan fingerprint density at radius 2 is 2.12 bits per heavy atom. The van der Waals surface area contributed by atoms with E-state index in [1.54, 1.807) is 4.90 Å². The number of hydrogen-bond donors (Lipinski definition) is 1. The van der Waals surface area contributed by atoms with Crippen molar-refractivity contribution in [3.8, 4) is 0 Å². The van der Waals surface area contributed by atoms with Crippen LogP contribution in [-0.4, -0.2) is 46.7 Å². The van der Waals surface area contributed by atoms with Crippen LogP contribution in [0.1, 0.15) is 41.0 Å². The number of carbonyl (C=O) groups is 1. The minimum atomic E-state index is -0.678. The van der Waals surface area contributed by atoms with E-state index in [0.717, 1.165) is 0 Å². The van der Waals surface area contributed by atoms with E-state index in [1.807, 2.05) is 34.6 Å². The van der Waals surface area contributed by atoms with Gasteiger partial charge in [-0.3, -0.25) is 4.90 Å². The van der Waals surface area contributed by atoms with E-state index in [-0.39, 0.29) is 18.8 Å². The van der Waals surface area contributed by atoms with E-state index in [4.69, 9.17) is 14.6 Å². The standard InChI is InChI=1S/C12H23NO4/c1-11(2,3)17-10(15)13-8-9(6-7-14)16-12(13,4)5/h9,14H,6-8H2,1-5H3. The molecule has 0 bridgehead atoms. The largest absolute Gasteiger partial charge is 0.444 e. The Morgan fingerprint density at radius 1 is 1.53 bits per heavy atom. The molecule has 1 unspecified atom stereocenters. The van der Waals surface area contributed by atoms with Gasteiger partial charge in [-0.05, 0) is 41.0 Å². The molecule has 1 saturated heterocycles. The molecule has 5 heteroatoms. The van der Waals surface area contributed by atoms with Crippen LogP contribution in [0.4, 0.5) is 4.79 Å². The van der Waals surface area contributed by atoms with Gasteiger partial charge < -0.3 is 14.6 Å². The normalized spacial score (nSPS) is 23.9. The summed E-state index contributed by atoms with van der Waals surface area (Å²) in [4.78, 5) is 13.6. The first-order valence-electron chi connectivity index (χ1n) is 5.95. The summed E-state index contributed by atoms with van der Waals surface area (Å²) >= 11 is 0.